The third-order valence-corrected chi connectivity index (χ3v) is 1.86. The number of thiocarbonyl (C=S) groups is 1. The molecule has 0 radical (unpaired) electrons. The Kier molecular flexibility index (Phi) is 3.73. The fourth-order valence-corrected chi connectivity index (χ4v) is 1.21. The van der Waals surface area contributed by atoms with Crippen LogP contribution in [0.2, 0.25) is 0 Å². The number of rotatable bonds is 2. The average Bonchev–Trinajstić information content (AvgIpc) is 2.05. The normalized spacial score (nSPS) is 22.8. The molecule has 0 heterocycles. The molecule has 4 heteroatoms. The summed E-state index contributed by atoms with van der Waals surface area (Å²) in [5, 5.41) is 4.14. The summed E-state index contributed by atoms with van der Waals surface area (Å²) in [6.45, 7) is 0. The highest BCUT2D eigenvalue weighted by molar-refractivity contribution is 7.80. The largest absolute Gasteiger partial charge is 0.375 e. The number of hydrogen-bond acceptors (Lipinski definition) is 2. The van der Waals surface area contributed by atoms with Crippen LogP contribution in [0.3, 0.4) is 0 Å². The maximum atomic E-state index is 5.20. The fourth-order valence-electron chi connectivity index (χ4n) is 1.16. The van der Waals surface area contributed by atoms with Crippen LogP contribution in [0.4, 0.5) is 0 Å². The molecule has 1 rings (SSSR count). The predicted octanol–water partition coefficient (Wildman–Crippen LogP) is 1.16. The maximum Gasteiger partial charge on any atom is 0.184 e. The minimum atomic E-state index is 0.220. The molecule has 0 saturated heterocycles. The van der Waals surface area contributed by atoms with Gasteiger partial charge in [0.2, 0.25) is 0 Å². The van der Waals surface area contributed by atoms with Crippen molar-refractivity contribution in [1.82, 2.24) is 5.43 Å². The number of nitrogens with two attached hydrogens (primary N) is 1. The zero-order valence-electron chi connectivity index (χ0n) is 6.86. The van der Waals surface area contributed by atoms with Gasteiger partial charge in [0.25, 0.3) is 0 Å². The summed E-state index contributed by atoms with van der Waals surface area (Å²) in [5.41, 5.74) is 7.75. The molecule has 0 spiro atoms. The Morgan fingerprint density at radius 3 is 3.08 bits per heavy atom. The van der Waals surface area contributed by atoms with Gasteiger partial charge >= 0.3 is 0 Å². The van der Waals surface area contributed by atoms with E-state index in [0.717, 1.165) is 12.8 Å². The van der Waals surface area contributed by atoms with Crippen molar-refractivity contribution in [1.29, 1.82) is 0 Å². The Morgan fingerprint density at radius 1 is 1.67 bits per heavy atom. The van der Waals surface area contributed by atoms with Crippen LogP contribution >= 0.6 is 12.2 Å². The molecule has 0 aromatic heterocycles. The third kappa shape index (κ3) is 3.48. The molecule has 0 bridgehead atoms. The van der Waals surface area contributed by atoms with Gasteiger partial charge < -0.3 is 5.73 Å². The van der Waals surface area contributed by atoms with Crippen molar-refractivity contribution >= 4 is 23.5 Å². The van der Waals surface area contributed by atoms with Crippen LogP contribution in [0.1, 0.15) is 19.3 Å². The van der Waals surface area contributed by atoms with Gasteiger partial charge in [-0.3, -0.25) is 5.43 Å². The highest BCUT2D eigenvalue weighted by Crippen LogP contribution is 2.15. The van der Waals surface area contributed by atoms with Gasteiger partial charge in [0.05, 0.1) is 0 Å². The van der Waals surface area contributed by atoms with Crippen molar-refractivity contribution in [2.24, 2.45) is 16.8 Å². The SMILES string of the molecule is NC(=S)N/N=C/C1CC=CCC1. The van der Waals surface area contributed by atoms with Crippen LogP contribution in [-0.4, -0.2) is 11.3 Å². The molecule has 0 saturated carbocycles. The molecule has 0 aromatic carbocycles. The van der Waals surface area contributed by atoms with Crippen LogP contribution < -0.4 is 11.2 Å². The van der Waals surface area contributed by atoms with E-state index in [-0.39, 0.29) is 5.11 Å². The molecular weight excluding hydrogens is 170 g/mol. The van der Waals surface area contributed by atoms with Gasteiger partial charge in [-0.15, -0.1) is 0 Å². The highest BCUT2D eigenvalue weighted by atomic mass is 32.1. The van der Waals surface area contributed by atoms with Gasteiger partial charge in [0, 0.05) is 6.21 Å². The number of nitrogens with one attached hydrogen (secondary N) is 1. The van der Waals surface area contributed by atoms with E-state index < -0.39 is 0 Å². The van der Waals surface area contributed by atoms with E-state index in [4.69, 9.17) is 5.73 Å². The molecule has 66 valence electrons. The van der Waals surface area contributed by atoms with E-state index in [1.165, 1.54) is 6.42 Å². The lowest BCUT2D eigenvalue weighted by Crippen LogP contribution is -2.24. The maximum absolute atomic E-state index is 5.20. The van der Waals surface area contributed by atoms with Crippen molar-refractivity contribution in [3.05, 3.63) is 12.2 Å². The third-order valence-electron chi connectivity index (χ3n) is 1.77. The van der Waals surface area contributed by atoms with E-state index in [0.29, 0.717) is 5.92 Å². The molecule has 1 atom stereocenters. The lowest BCUT2D eigenvalue weighted by molar-refractivity contribution is 0.624. The van der Waals surface area contributed by atoms with Crippen LogP contribution in [0.15, 0.2) is 17.3 Å². The Labute approximate surface area is 77.7 Å². The lowest BCUT2D eigenvalue weighted by atomic mass is 9.96. The van der Waals surface area contributed by atoms with E-state index in [1.54, 1.807) is 0 Å². The second-order valence-corrected chi connectivity index (χ2v) is 3.24. The van der Waals surface area contributed by atoms with Crippen LogP contribution in [0.5, 0.6) is 0 Å². The first-order chi connectivity index (χ1) is 5.79. The summed E-state index contributed by atoms with van der Waals surface area (Å²) in [6.07, 6.45) is 9.64. The Morgan fingerprint density at radius 2 is 2.50 bits per heavy atom. The number of allylic oxidation sites excluding steroid dienone is 2. The first kappa shape index (κ1) is 9.19. The summed E-state index contributed by atoms with van der Waals surface area (Å²) in [5.74, 6) is 0.539. The van der Waals surface area contributed by atoms with Crippen molar-refractivity contribution in [2.75, 3.05) is 0 Å². The van der Waals surface area contributed by atoms with Gasteiger partial charge in [0.1, 0.15) is 0 Å². The molecule has 0 aliphatic heterocycles. The number of hydrazone groups is 1. The van der Waals surface area contributed by atoms with Crippen molar-refractivity contribution in [3.8, 4) is 0 Å². The van der Waals surface area contributed by atoms with E-state index >= 15 is 0 Å². The summed E-state index contributed by atoms with van der Waals surface area (Å²) < 4.78 is 0. The molecule has 0 amide bonds. The molecule has 1 aliphatic rings. The van der Waals surface area contributed by atoms with E-state index in [9.17, 15) is 0 Å². The summed E-state index contributed by atoms with van der Waals surface area (Å²) in [6, 6.07) is 0. The van der Waals surface area contributed by atoms with Gasteiger partial charge in [-0.25, -0.2) is 0 Å². The average molecular weight is 183 g/mol. The van der Waals surface area contributed by atoms with E-state index in [1.807, 2.05) is 6.21 Å². The zero-order valence-corrected chi connectivity index (χ0v) is 7.68. The standard InChI is InChI=1S/C8H13N3S/c9-8(12)11-10-6-7-4-2-1-3-5-7/h1-2,6-7H,3-5H2,(H3,9,11,12)/b10-6+. The minimum absolute atomic E-state index is 0.220. The van der Waals surface area contributed by atoms with E-state index in [2.05, 4.69) is 34.9 Å². The summed E-state index contributed by atoms with van der Waals surface area (Å²) >= 11 is 4.60. The Balaban J connectivity index is 2.25. The van der Waals surface area contributed by atoms with Crippen molar-refractivity contribution in [3.63, 3.8) is 0 Å². The van der Waals surface area contributed by atoms with Crippen molar-refractivity contribution < 1.29 is 0 Å². The monoisotopic (exact) mass is 183 g/mol. The molecule has 1 unspecified atom stereocenters. The first-order valence-corrected chi connectivity index (χ1v) is 4.43. The van der Waals surface area contributed by atoms with Crippen LogP contribution in [-0.2, 0) is 0 Å². The minimum Gasteiger partial charge on any atom is -0.375 e. The second-order valence-electron chi connectivity index (χ2n) is 2.80. The van der Waals surface area contributed by atoms with Crippen LogP contribution in [0, 0.1) is 5.92 Å². The molecule has 0 fully saturated rings. The first-order valence-electron chi connectivity index (χ1n) is 4.02. The van der Waals surface area contributed by atoms with Gasteiger partial charge in [-0.1, -0.05) is 12.2 Å². The summed E-state index contributed by atoms with van der Waals surface area (Å²) in [7, 11) is 0. The number of nitrogens with zero attached hydrogens (tertiary/aromatic N) is 1. The predicted molar refractivity (Wildman–Crippen MR) is 54.9 cm³/mol. The Bertz CT molecular complexity index is 210. The zero-order chi connectivity index (χ0) is 8.81. The van der Waals surface area contributed by atoms with Gasteiger partial charge in [-0.05, 0) is 37.4 Å². The molecule has 3 N–H and O–H groups in total. The Hall–Kier alpha value is -0.900. The highest BCUT2D eigenvalue weighted by Gasteiger charge is 2.05. The second kappa shape index (κ2) is 4.87. The number of hydrogen-bond donors (Lipinski definition) is 2. The van der Waals surface area contributed by atoms with Crippen LogP contribution in [0.25, 0.3) is 0 Å². The van der Waals surface area contributed by atoms with Gasteiger partial charge in [-0.2, -0.15) is 5.10 Å². The summed E-state index contributed by atoms with van der Waals surface area (Å²) in [4.78, 5) is 0. The molecule has 12 heavy (non-hydrogen) atoms. The fraction of sp³-hybridized carbons (Fsp3) is 0.500. The smallest absolute Gasteiger partial charge is 0.184 e. The molecule has 3 nitrogen and oxygen atoms in total. The topological polar surface area (TPSA) is 50.4 Å². The molecule has 0 aromatic rings. The van der Waals surface area contributed by atoms with Gasteiger partial charge in [0.15, 0.2) is 5.11 Å². The molecule has 1 aliphatic carbocycles. The van der Waals surface area contributed by atoms with Crippen molar-refractivity contribution in [2.45, 2.75) is 19.3 Å². The quantitative estimate of drug-likeness (QED) is 0.292. The molecular formula is C8H13N3S. The lowest BCUT2D eigenvalue weighted by Gasteiger charge is -2.11.